The number of rotatable bonds is 4. The molecular weight excluding hydrogens is 288 g/mol. The van der Waals surface area contributed by atoms with E-state index in [1.807, 2.05) is 0 Å². The minimum absolute atomic E-state index is 0.280. The number of hydrogen-bond acceptors (Lipinski definition) is 5. The molecule has 1 unspecified atom stereocenters. The summed E-state index contributed by atoms with van der Waals surface area (Å²) < 4.78 is 10.2. The Morgan fingerprint density at radius 3 is 2.59 bits per heavy atom. The molecule has 0 aromatic rings. The fourth-order valence-electron chi connectivity index (χ4n) is 2.45. The van der Waals surface area contributed by atoms with Gasteiger partial charge in [-0.05, 0) is 52.5 Å². The van der Waals surface area contributed by atoms with Gasteiger partial charge in [-0.15, -0.1) is 0 Å². The summed E-state index contributed by atoms with van der Waals surface area (Å²) in [5.74, 6) is -0.581. The highest BCUT2D eigenvalue weighted by atomic mass is 16.6. The van der Waals surface area contributed by atoms with Crippen molar-refractivity contribution >= 4 is 12.1 Å². The van der Waals surface area contributed by atoms with Crippen LogP contribution >= 0.6 is 0 Å². The van der Waals surface area contributed by atoms with Crippen LogP contribution < -0.4 is 5.32 Å². The first-order chi connectivity index (χ1) is 10.3. The molecule has 0 spiro atoms. The van der Waals surface area contributed by atoms with Gasteiger partial charge < -0.3 is 14.8 Å². The maximum atomic E-state index is 11.9. The molecule has 0 aromatic carbocycles. The standard InChI is InChI=1S/C14H24N4O4/c1-5-21-12(19)9-6-7-10(17-18-15)11(8-9)16-13(20)22-14(2,3)4/h9-11H,5-8H2,1-4H3,(H,16,20)/t9-,10?,11+/m1/s1. The van der Waals surface area contributed by atoms with E-state index in [2.05, 4.69) is 15.3 Å². The predicted octanol–water partition coefficient (Wildman–Crippen LogP) is 2.92. The molecule has 0 aromatic heterocycles. The van der Waals surface area contributed by atoms with E-state index in [1.54, 1.807) is 27.7 Å². The van der Waals surface area contributed by atoms with Gasteiger partial charge in [0.1, 0.15) is 5.60 Å². The van der Waals surface area contributed by atoms with Crippen molar-refractivity contribution in [2.24, 2.45) is 11.0 Å². The van der Waals surface area contributed by atoms with Gasteiger partial charge in [0.25, 0.3) is 0 Å². The summed E-state index contributed by atoms with van der Waals surface area (Å²) in [4.78, 5) is 26.6. The molecule has 0 radical (unpaired) electrons. The highest BCUT2D eigenvalue weighted by molar-refractivity contribution is 5.73. The Morgan fingerprint density at radius 1 is 1.36 bits per heavy atom. The minimum Gasteiger partial charge on any atom is -0.466 e. The van der Waals surface area contributed by atoms with Crippen LogP contribution in [0, 0.1) is 5.92 Å². The highest BCUT2D eigenvalue weighted by Gasteiger charge is 2.35. The quantitative estimate of drug-likeness (QED) is 0.372. The van der Waals surface area contributed by atoms with Crippen LogP contribution in [0.25, 0.3) is 10.4 Å². The third-order valence-corrected chi connectivity index (χ3v) is 3.34. The van der Waals surface area contributed by atoms with Gasteiger partial charge >= 0.3 is 12.1 Å². The second kappa shape index (κ2) is 7.89. The molecule has 0 aliphatic heterocycles. The molecule has 1 rings (SSSR count). The number of amides is 1. The summed E-state index contributed by atoms with van der Waals surface area (Å²) in [5, 5.41) is 6.42. The Balaban J connectivity index is 2.73. The average Bonchev–Trinajstić information content (AvgIpc) is 2.39. The van der Waals surface area contributed by atoms with Gasteiger partial charge in [-0.1, -0.05) is 5.11 Å². The maximum absolute atomic E-state index is 11.9. The zero-order valence-electron chi connectivity index (χ0n) is 13.5. The summed E-state index contributed by atoms with van der Waals surface area (Å²) in [5.41, 5.74) is 8.02. The lowest BCUT2D eigenvalue weighted by Gasteiger charge is -2.33. The smallest absolute Gasteiger partial charge is 0.407 e. The summed E-state index contributed by atoms with van der Waals surface area (Å²) in [6.07, 6.45) is 0.894. The number of carbonyl (C=O) groups is 2. The first kappa shape index (κ1) is 18.1. The third kappa shape index (κ3) is 5.81. The van der Waals surface area contributed by atoms with E-state index in [9.17, 15) is 9.59 Å². The zero-order chi connectivity index (χ0) is 16.8. The van der Waals surface area contributed by atoms with Gasteiger partial charge in [-0.3, -0.25) is 4.79 Å². The second-order valence-electron chi connectivity index (χ2n) is 6.29. The van der Waals surface area contributed by atoms with Crippen molar-refractivity contribution in [2.45, 2.75) is 64.6 Å². The van der Waals surface area contributed by atoms with Crippen LogP contribution in [-0.2, 0) is 14.3 Å². The molecule has 22 heavy (non-hydrogen) atoms. The molecule has 1 aliphatic carbocycles. The summed E-state index contributed by atoms with van der Waals surface area (Å²) in [6.45, 7) is 7.36. The van der Waals surface area contributed by atoms with E-state index < -0.39 is 17.7 Å². The monoisotopic (exact) mass is 312 g/mol. The van der Waals surface area contributed by atoms with Crippen molar-refractivity contribution in [3.05, 3.63) is 10.4 Å². The Labute approximate surface area is 130 Å². The zero-order valence-corrected chi connectivity index (χ0v) is 13.5. The molecule has 8 nitrogen and oxygen atoms in total. The number of azide groups is 1. The largest absolute Gasteiger partial charge is 0.466 e. The first-order valence-electron chi connectivity index (χ1n) is 7.47. The van der Waals surface area contributed by atoms with Crippen molar-refractivity contribution < 1.29 is 19.1 Å². The number of esters is 1. The molecule has 0 heterocycles. The molecule has 1 fully saturated rings. The predicted molar refractivity (Wildman–Crippen MR) is 80.1 cm³/mol. The lowest BCUT2D eigenvalue weighted by Crippen LogP contribution is -2.49. The summed E-state index contributed by atoms with van der Waals surface area (Å²) in [7, 11) is 0. The SMILES string of the molecule is CCOC(=O)[C@@H]1CCC(N=[N+]=[N-])[C@@H](NC(=O)OC(C)(C)C)C1. The number of nitrogens with one attached hydrogen (secondary N) is 1. The minimum atomic E-state index is -0.618. The van der Waals surface area contributed by atoms with Gasteiger partial charge in [0, 0.05) is 11.0 Å². The van der Waals surface area contributed by atoms with Crippen LogP contribution in [0.2, 0.25) is 0 Å². The van der Waals surface area contributed by atoms with Gasteiger partial charge in [0.2, 0.25) is 0 Å². The topological polar surface area (TPSA) is 113 Å². The fourth-order valence-corrected chi connectivity index (χ4v) is 2.45. The van der Waals surface area contributed by atoms with Crippen molar-refractivity contribution in [3.63, 3.8) is 0 Å². The van der Waals surface area contributed by atoms with Crippen LogP contribution in [0.4, 0.5) is 4.79 Å². The number of alkyl carbamates (subject to hydrolysis) is 1. The van der Waals surface area contributed by atoms with Crippen LogP contribution in [0.3, 0.4) is 0 Å². The average molecular weight is 312 g/mol. The third-order valence-electron chi connectivity index (χ3n) is 3.34. The number of hydrogen-bond donors (Lipinski definition) is 1. The molecule has 8 heteroatoms. The number of ether oxygens (including phenoxy) is 2. The van der Waals surface area contributed by atoms with E-state index in [0.717, 1.165) is 0 Å². The van der Waals surface area contributed by atoms with Crippen LogP contribution in [0.15, 0.2) is 5.11 Å². The molecule has 124 valence electrons. The molecule has 3 atom stereocenters. The van der Waals surface area contributed by atoms with Crippen molar-refractivity contribution in [1.29, 1.82) is 0 Å². The lowest BCUT2D eigenvalue weighted by atomic mass is 9.82. The first-order valence-corrected chi connectivity index (χ1v) is 7.47. The van der Waals surface area contributed by atoms with Crippen molar-refractivity contribution in [1.82, 2.24) is 5.32 Å². The van der Waals surface area contributed by atoms with Crippen LogP contribution in [0.1, 0.15) is 47.0 Å². The molecule has 1 saturated carbocycles. The van der Waals surface area contributed by atoms with E-state index in [1.165, 1.54) is 0 Å². The number of nitrogens with zero attached hydrogens (tertiary/aromatic N) is 3. The van der Waals surface area contributed by atoms with Gasteiger partial charge in [0.15, 0.2) is 0 Å². The summed E-state index contributed by atoms with van der Waals surface area (Å²) in [6, 6.07) is -0.822. The highest BCUT2D eigenvalue weighted by Crippen LogP contribution is 2.28. The number of carbonyl (C=O) groups excluding carboxylic acids is 2. The molecule has 0 saturated heterocycles. The van der Waals surface area contributed by atoms with Gasteiger partial charge in [-0.25, -0.2) is 4.79 Å². The van der Waals surface area contributed by atoms with Crippen molar-refractivity contribution in [2.75, 3.05) is 6.61 Å². The normalized spacial score (nSPS) is 24.8. The molecule has 1 aliphatic rings. The van der Waals surface area contributed by atoms with E-state index >= 15 is 0 Å². The molecule has 1 N–H and O–H groups in total. The van der Waals surface area contributed by atoms with Gasteiger partial charge in [0.05, 0.1) is 18.6 Å². The van der Waals surface area contributed by atoms with E-state index in [-0.39, 0.29) is 17.9 Å². The Bertz CT molecular complexity index is 454. The maximum Gasteiger partial charge on any atom is 0.407 e. The van der Waals surface area contributed by atoms with E-state index in [4.69, 9.17) is 15.0 Å². The van der Waals surface area contributed by atoms with Crippen molar-refractivity contribution in [3.8, 4) is 0 Å². The Kier molecular flexibility index (Phi) is 6.49. The summed E-state index contributed by atoms with van der Waals surface area (Å²) >= 11 is 0. The van der Waals surface area contributed by atoms with Crippen LogP contribution in [-0.4, -0.2) is 36.4 Å². The molecular formula is C14H24N4O4. The Morgan fingerprint density at radius 2 is 2.05 bits per heavy atom. The van der Waals surface area contributed by atoms with Gasteiger partial charge in [-0.2, -0.15) is 0 Å². The van der Waals surface area contributed by atoms with Crippen LogP contribution in [0.5, 0.6) is 0 Å². The second-order valence-corrected chi connectivity index (χ2v) is 6.29. The Hall–Kier alpha value is -1.95. The lowest BCUT2D eigenvalue weighted by molar-refractivity contribution is -0.149. The van der Waals surface area contributed by atoms with E-state index in [0.29, 0.717) is 25.9 Å². The fraction of sp³-hybridized carbons (Fsp3) is 0.857. The molecule has 1 amide bonds. The molecule has 0 bridgehead atoms.